The predicted octanol–water partition coefficient (Wildman–Crippen LogP) is 4.48. The molecule has 2 aromatic carbocycles. The number of hydrogen-bond acceptors (Lipinski definition) is 6. The molecular formula is C20H19N3O3S2. The van der Waals surface area contributed by atoms with E-state index in [9.17, 15) is 4.79 Å². The molecule has 0 radical (unpaired) electrons. The van der Waals surface area contributed by atoms with E-state index in [4.69, 9.17) is 9.47 Å². The average Bonchev–Trinajstić information content (AvgIpc) is 3.31. The van der Waals surface area contributed by atoms with Gasteiger partial charge in [-0.25, -0.2) is 4.98 Å². The molecule has 0 fully saturated rings. The van der Waals surface area contributed by atoms with Crippen LogP contribution in [0.2, 0.25) is 0 Å². The van der Waals surface area contributed by atoms with Gasteiger partial charge in [-0.05, 0) is 24.6 Å². The van der Waals surface area contributed by atoms with E-state index < -0.39 is 0 Å². The van der Waals surface area contributed by atoms with E-state index in [2.05, 4.69) is 21.5 Å². The second-order valence-corrected chi connectivity index (χ2v) is 8.06. The Bertz CT molecular complexity index is 1240. The third kappa shape index (κ3) is 3.29. The molecule has 0 unspecified atom stereocenters. The van der Waals surface area contributed by atoms with Crippen LogP contribution >= 0.6 is 22.7 Å². The van der Waals surface area contributed by atoms with Gasteiger partial charge in [-0.2, -0.15) is 4.99 Å². The van der Waals surface area contributed by atoms with Crippen LogP contribution in [0.4, 0.5) is 0 Å². The van der Waals surface area contributed by atoms with Crippen LogP contribution in [0, 0.1) is 0 Å². The summed E-state index contributed by atoms with van der Waals surface area (Å²) in [5, 5.41) is 0. The Morgan fingerprint density at radius 2 is 1.93 bits per heavy atom. The minimum Gasteiger partial charge on any atom is -0.493 e. The zero-order valence-corrected chi connectivity index (χ0v) is 17.4. The van der Waals surface area contributed by atoms with Crippen LogP contribution in [-0.2, 0) is 6.54 Å². The van der Waals surface area contributed by atoms with Gasteiger partial charge in [0.15, 0.2) is 16.3 Å². The Balaban J connectivity index is 1.85. The Labute approximate surface area is 169 Å². The first-order valence-electron chi connectivity index (χ1n) is 8.82. The number of thiazole rings is 2. The van der Waals surface area contributed by atoms with Crippen molar-refractivity contribution in [3.8, 4) is 11.5 Å². The minimum atomic E-state index is -0.259. The average molecular weight is 414 g/mol. The van der Waals surface area contributed by atoms with Crippen LogP contribution in [0.3, 0.4) is 0 Å². The van der Waals surface area contributed by atoms with Gasteiger partial charge in [0.2, 0.25) is 0 Å². The van der Waals surface area contributed by atoms with E-state index in [1.807, 2.05) is 24.3 Å². The van der Waals surface area contributed by atoms with Gasteiger partial charge in [0, 0.05) is 24.2 Å². The van der Waals surface area contributed by atoms with Gasteiger partial charge in [0.1, 0.15) is 0 Å². The second kappa shape index (κ2) is 7.73. The van der Waals surface area contributed by atoms with Crippen molar-refractivity contribution in [3.05, 3.63) is 46.2 Å². The monoisotopic (exact) mass is 413 g/mol. The summed E-state index contributed by atoms with van der Waals surface area (Å²) >= 11 is 2.98. The van der Waals surface area contributed by atoms with Gasteiger partial charge in [-0.1, -0.05) is 18.3 Å². The second-order valence-electron chi connectivity index (χ2n) is 6.16. The van der Waals surface area contributed by atoms with Crippen LogP contribution < -0.4 is 14.3 Å². The Hall–Kier alpha value is -2.71. The van der Waals surface area contributed by atoms with Crippen LogP contribution in [-0.4, -0.2) is 29.7 Å². The Morgan fingerprint density at radius 3 is 2.68 bits per heavy atom. The van der Waals surface area contributed by atoms with E-state index >= 15 is 0 Å². The van der Waals surface area contributed by atoms with Crippen LogP contribution in [0.5, 0.6) is 11.5 Å². The van der Waals surface area contributed by atoms with Crippen molar-refractivity contribution in [2.75, 3.05) is 14.2 Å². The molecule has 2 heterocycles. The van der Waals surface area contributed by atoms with E-state index in [1.54, 1.807) is 25.8 Å². The summed E-state index contributed by atoms with van der Waals surface area (Å²) in [4.78, 5) is 22.2. The quantitative estimate of drug-likeness (QED) is 0.484. The maximum absolute atomic E-state index is 12.8. The summed E-state index contributed by atoms with van der Waals surface area (Å²) in [7, 11) is 3.23. The molecule has 8 heteroatoms. The number of hydrogen-bond donors (Lipinski definition) is 0. The van der Waals surface area contributed by atoms with Crippen molar-refractivity contribution in [1.29, 1.82) is 0 Å². The number of aryl methyl sites for hydroxylation is 1. The number of aromatic nitrogens is 2. The zero-order chi connectivity index (χ0) is 19.7. The smallest absolute Gasteiger partial charge is 0.279 e. The zero-order valence-electron chi connectivity index (χ0n) is 15.8. The van der Waals surface area contributed by atoms with Gasteiger partial charge >= 0.3 is 0 Å². The molecule has 4 aromatic rings. The summed E-state index contributed by atoms with van der Waals surface area (Å²) in [6.07, 6.45) is 0.925. The fraction of sp³-hybridized carbons (Fsp3) is 0.250. The molecule has 4 rings (SSSR count). The van der Waals surface area contributed by atoms with Gasteiger partial charge in [0.25, 0.3) is 5.91 Å². The molecule has 0 aliphatic heterocycles. The normalized spacial score (nSPS) is 12.0. The fourth-order valence-electron chi connectivity index (χ4n) is 3.06. The number of carbonyl (C=O) groups excluding carboxylic acids is 1. The largest absolute Gasteiger partial charge is 0.493 e. The van der Waals surface area contributed by atoms with Crippen molar-refractivity contribution in [2.24, 2.45) is 4.99 Å². The van der Waals surface area contributed by atoms with Crippen molar-refractivity contribution in [1.82, 2.24) is 9.55 Å². The number of carbonyl (C=O) groups is 1. The summed E-state index contributed by atoms with van der Waals surface area (Å²) < 4.78 is 14.9. The number of fused-ring (bicyclic) bond motifs is 2. The summed E-state index contributed by atoms with van der Waals surface area (Å²) in [5.41, 5.74) is 4.21. The lowest BCUT2D eigenvalue weighted by Gasteiger charge is -2.08. The highest BCUT2D eigenvalue weighted by molar-refractivity contribution is 7.17. The Morgan fingerprint density at radius 1 is 1.14 bits per heavy atom. The van der Waals surface area contributed by atoms with Gasteiger partial charge in [-0.3, -0.25) is 4.79 Å². The van der Waals surface area contributed by atoms with Gasteiger partial charge in [0.05, 0.1) is 40.2 Å². The number of methoxy groups -OCH3 is 2. The lowest BCUT2D eigenvalue weighted by molar-refractivity contribution is 0.0998. The molecule has 0 spiro atoms. The molecule has 28 heavy (non-hydrogen) atoms. The van der Waals surface area contributed by atoms with E-state index in [0.29, 0.717) is 21.9 Å². The molecule has 0 aliphatic carbocycles. The summed E-state index contributed by atoms with van der Waals surface area (Å²) in [5.74, 6) is 1.06. The molecule has 0 atom stereocenters. The lowest BCUT2D eigenvalue weighted by Crippen LogP contribution is -2.16. The number of benzene rings is 2. The molecule has 1 amide bonds. The minimum absolute atomic E-state index is 0.259. The maximum Gasteiger partial charge on any atom is 0.279 e. The van der Waals surface area contributed by atoms with Crippen molar-refractivity contribution in [3.63, 3.8) is 0 Å². The van der Waals surface area contributed by atoms with E-state index in [1.165, 1.54) is 22.7 Å². The number of ether oxygens (including phenoxy) is 2. The van der Waals surface area contributed by atoms with Crippen molar-refractivity contribution < 1.29 is 14.3 Å². The molecule has 0 N–H and O–H groups in total. The summed E-state index contributed by atoms with van der Waals surface area (Å²) in [6, 6.07) is 9.35. The third-order valence-corrected chi connectivity index (χ3v) is 6.24. The molecule has 0 aliphatic rings. The first-order chi connectivity index (χ1) is 13.6. The molecule has 0 saturated heterocycles. The number of nitrogens with zero attached hydrogens (tertiary/aromatic N) is 3. The number of rotatable bonds is 5. The molecule has 6 nitrogen and oxygen atoms in total. The standard InChI is InChI=1S/C20H19N3O3S2/c1-4-7-23-14-9-15(25-2)16(26-3)10-18(14)28-20(23)22-19(24)12-5-6-13-17(8-12)27-11-21-13/h5-6,8-11H,4,7H2,1-3H3. The predicted molar refractivity (Wildman–Crippen MR) is 113 cm³/mol. The van der Waals surface area contributed by atoms with Crippen LogP contribution in [0.15, 0.2) is 40.8 Å². The maximum atomic E-state index is 12.8. The van der Waals surface area contributed by atoms with Crippen LogP contribution in [0.1, 0.15) is 23.7 Å². The highest BCUT2D eigenvalue weighted by Crippen LogP contribution is 2.33. The highest BCUT2D eigenvalue weighted by Gasteiger charge is 2.14. The lowest BCUT2D eigenvalue weighted by atomic mass is 10.2. The topological polar surface area (TPSA) is 65.7 Å². The van der Waals surface area contributed by atoms with Gasteiger partial charge in [-0.15, -0.1) is 11.3 Å². The first-order valence-corrected chi connectivity index (χ1v) is 10.5. The number of amides is 1. The first kappa shape index (κ1) is 18.6. The van der Waals surface area contributed by atoms with E-state index in [0.717, 1.165) is 33.4 Å². The SMILES string of the molecule is CCCn1c(=NC(=O)c2ccc3ncsc3c2)sc2cc(OC)c(OC)cc21. The Kier molecular flexibility index (Phi) is 5.15. The van der Waals surface area contributed by atoms with Crippen molar-refractivity contribution in [2.45, 2.75) is 19.9 Å². The molecular weight excluding hydrogens is 394 g/mol. The third-order valence-electron chi connectivity index (χ3n) is 4.41. The molecule has 2 aromatic heterocycles. The highest BCUT2D eigenvalue weighted by atomic mass is 32.1. The summed E-state index contributed by atoms with van der Waals surface area (Å²) in [6.45, 7) is 2.86. The van der Waals surface area contributed by atoms with E-state index in [-0.39, 0.29) is 5.91 Å². The van der Waals surface area contributed by atoms with Crippen molar-refractivity contribution >= 4 is 49.0 Å². The van der Waals surface area contributed by atoms with Gasteiger partial charge < -0.3 is 14.0 Å². The van der Waals surface area contributed by atoms with Crippen LogP contribution in [0.25, 0.3) is 20.4 Å². The molecule has 0 bridgehead atoms. The fourth-order valence-corrected chi connectivity index (χ4v) is 4.84. The molecule has 144 valence electrons. The molecule has 0 saturated carbocycles.